The smallest absolute Gasteiger partial charge is 0.410 e. The highest BCUT2D eigenvalue weighted by molar-refractivity contribution is 5.85. The summed E-state index contributed by atoms with van der Waals surface area (Å²) in [5, 5.41) is 8.92. The van der Waals surface area contributed by atoms with E-state index in [4.69, 9.17) is 9.84 Å². The Morgan fingerprint density at radius 1 is 1.20 bits per heavy atom. The molecule has 2 fully saturated rings. The monoisotopic (exact) mass is 347 g/mol. The Balaban J connectivity index is 1.51. The van der Waals surface area contributed by atoms with E-state index >= 15 is 0 Å². The molecule has 2 saturated heterocycles. The number of carboxylic acids is 1. The minimum Gasteiger partial charge on any atom is -0.477 e. The van der Waals surface area contributed by atoms with E-state index < -0.39 is 11.6 Å². The highest BCUT2D eigenvalue weighted by Crippen LogP contribution is 2.41. The van der Waals surface area contributed by atoms with E-state index in [0.717, 1.165) is 44.7 Å². The Bertz CT molecular complexity index is 650. The van der Waals surface area contributed by atoms with Crippen molar-refractivity contribution in [2.75, 3.05) is 31.1 Å². The summed E-state index contributed by atoms with van der Waals surface area (Å²) in [6.07, 6.45) is 3.41. The highest BCUT2D eigenvalue weighted by atomic mass is 16.6. The molecule has 3 rings (SSSR count). The first-order valence-electron chi connectivity index (χ1n) is 8.60. The maximum atomic E-state index is 12.1. The predicted octanol–water partition coefficient (Wildman–Crippen LogP) is 2.62. The molecule has 0 unspecified atom stereocenters. The normalized spacial score (nSPS) is 19.5. The number of carboxylic acid groups (broad SMARTS) is 1. The van der Waals surface area contributed by atoms with Gasteiger partial charge < -0.3 is 19.6 Å². The quantitative estimate of drug-likeness (QED) is 0.885. The van der Waals surface area contributed by atoms with Crippen molar-refractivity contribution in [2.45, 2.75) is 39.2 Å². The number of hydrogen-bond donors (Lipinski definition) is 1. The van der Waals surface area contributed by atoms with Gasteiger partial charge in [-0.25, -0.2) is 14.6 Å². The van der Waals surface area contributed by atoms with Crippen molar-refractivity contribution in [3.63, 3.8) is 0 Å². The molecule has 0 aliphatic carbocycles. The third-order valence-corrected chi connectivity index (χ3v) is 4.86. The minimum absolute atomic E-state index is 0.0595. The van der Waals surface area contributed by atoms with Gasteiger partial charge in [-0.3, -0.25) is 0 Å². The summed E-state index contributed by atoms with van der Waals surface area (Å²) in [4.78, 5) is 30.9. The standard InChI is InChI=1S/C18H25N3O4/c1-17(2,3)25-16(24)21-11-18(12-21)6-8-20(9-7-18)13-4-5-14(15(22)23)19-10-13/h4-5,10H,6-9,11-12H2,1-3H3,(H,22,23). The SMILES string of the molecule is CC(C)(C)OC(=O)N1CC2(CCN(c3ccc(C(=O)O)nc3)CC2)C1. The number of carbonyl (C=O) groups excluding carboxylic acids is 1. The van der Waals surface area contributed by atoms with Crippen LogP contribution in [0, 0.1) is 5.41 Å². The van der Waals surface area contributed by atoms with Gasteiger partial charge in [-0.05, 0) is 45.7 Å². The lowest BCUT2D eigenvalue weighted by Gasteiger charge is -2.53. The Morgan fingerprint density at radius 2 is 1.84 bits per heavy atom. The van der Waals surface area contributed by atoms with Crippen LogP contribution in [0.1, 0.15) is 44.1 Å². The summed E-state index contributed by atoms with van der Waals surface area (Å²) in [5.41, 5.74) is 0.743. The number of aromatic carboxylic acids is 1. The molecule has 0 radical (unpaired) electrons. The lowest BCUT2D eigenvalue weighted by atomic mass is 9.72. The molecule has 0 atom stereocenters. The number of aromatic nitrogens is 1. The summed E-state index contributed by atoms with van der Waals surface area (Å²) in [7, 11) is 0. The minimum atomic E-state index is -1.01. The van der Waals surface area contributed by atoms with Gasteiger partial charge in [-0.1, -0.05) is 0 Å². The van der Waals surface area contributed by atoms with Crippen LogP contribution in [-0.4, -0.2) is 58.8 Å². The lowest BCUT2D eigenvalue weighted by Crippen LogP contribution is -2.62. The second-order valence-corrected chi connectivity index (χ2v) is 8.03. The molecule has 1 aromatic rings. The largest absolute Gasteiger partial charge is 0.477 e. The number of pyridine rings is 1. The van der Waals surface area contributed by atoms with Gasteiger partial charge in [0.15, 0.2) is 0 Å². The molecule has 0 bridgehead atoms. The number of amides is 1. The number of ether oxygens (including phenoxy) is 1. The van der Waals surface area contributed by atoms with Gasteiger partial charge in [-0.15, -0.1) is 0 Å². The Morgan fingerprint density at radius 3 is 2.32 bits per heavy atom. The molecule has 136 valence electrons. The van der Waals surface area contributed by atoms with Crippen molar-refractivity contribution in [1.29, 1.82) is 0 Å². The van der Waals surface area contributed by atoms with Gasteiger partial charge in [0, 0.05) is 31.6 Å². The third-order valence-electron chi connectivity index (χ3n) is 4.86. The van der Waals surface area contributed by atoms with Gasteiger partial charge in [0.1, 0.15) is 11.3 Å². The van der Waals surface area contributed by atoms with Gasteiger partial charge in [0.25, 0.3) is 0 Å². The molecule has 1 N–H and O–H groups in total. The van der Waals surface area contributed by atoms with Gasteiger partial charge in [0.2, 0.25) is 0 Å². The lowest BCUT2D eigenvalue weighted by molar-refractivity contribution is -0.0434. The second-order valence-electron chi connectivity index (χ2n) is 8.03. The average Bonchev–Trinajstić information content (AvgIpc) is 2.51. The Kier molecular flexibility index (Phi) is 4.34. The maximum absolute atomic E-state index is 12.1. The summed E-state index contributed by atoms with van der Waals surface area (Å²) in [6.45, 7) is 8.91. The zero-order valence-corrected chi connectivity index (χ0v) is 15.0. The summed E-state index contributed by atoms with van der Waals surface area (Å²) in [6, 6.07) is 3.35. The molecule has 7 heteroatoms. The Hall–Kier alpha value is -2.31. The fraction of sp³-hybridized carbons (Fsp3) is 0.611. The number of piperidine rings is 1. The van der Waals surface area contributed by atoms with Crippen LogP contribution in [0.25, 0.3) is 0 Å². The van der Waals surface area contributed by atoms with Crippen LogP contribution in [0.4, 0.5) is 10.5 Å². The van der Waals surface area contributed by atoms with E-state index in [1.54, 1.807) is 11.1 Å². The van der Waals surface area contributed by atoms with E-state index in [9.17, 15) is 9.59 Å². The molecular weight excluding hydrogens is 322 g/mol. The van der Waals surface area contributed by atoms with Crippen LogP contribution in [0.15, 0.2) is 18.3 Å². The van der Waals surface area contributed by atoms with Gasteiger partial charge in [0.05, 0.1) is 11.9 Å². The first-order chi connectivity index (χ1) is 11.7. The highest BCUT2D eigenvalue weighted by Gasteiger charge is 2.47. The van der Waals surface area contributed by atoms with E-state index in [2.05, 4.69) is 9.88 Å². The average molecular weight is 347 g/mol. The van der Waals surface area contributed by atoms with Crippen molar-refractivity contribution in [3.8, 4) is 0 Å². The van der Waals surface area contributed by atoms with Crippen molar-refractivity contribution in [3.05, 3.63) is 24.0 Å². The fourth-order valence-corrected chi connectivity index (χ4v) is 3.47. The fourth-order valence-electron chi connectivity index (χ4n) is 3.47. The molecular formula is C18H25N3O4. The van der Waals surface area contributed by atoms with Crippen LogP contribution in [0.5, 0.6) is 0 Å². The number of nitrogens with zero attached hydrogens (tertiary/aromatic N) is 3. The predicted molar refractivity (Wildman–Crippen MR) is 92.9 cm³/mol. The number of carbonyl (C=O) groups is 2. The maximum Gasteiger partial charge on any atom is 0.410 e. The van der Waals surface area contributed by atoms with Crippen LogP contribution in [0.3, 0.4) is 0 Å². The van der Waals surface area contributed by atoms with Crippen molar-refractivity contribution in [1.82, 2.24) is 9.88 Å². The number of hydrogen-bond acceptors (Lipinski definition) is 5. The van der Waals surface area contributed by atoms with E-state index in [-0.39, 0.29) is 17.2 Å². The van der Waals surface area contributed by atoms with Gasteiger partial charge >= 0.3 is 12.1 Å². The zero-order valence-electron chi connectivity index (χ0n) is 15.0. The Labute approximate surface area is 147 Å². The molecule has 2 aliphatic heterocycles. The van der Waals surface area contributed by atoms with E-state index in [1.807, 2.05) is 26.8 Å². The van der Waals surface area contributed by atoms with Crippen LogP contribution < -0.4 is 4.90 Å². The molecule has 0 aromatic carbocycles. The van der Waals surface area contributed by atoms with Crippen molar-refractivity contribution >= 4 is 17.7 Å². The molecule has 1 spiro atoms. The molecule has 2 aliphatic rings. The number of anilines is 1. The third kappa shape index (κ3) is 3.86. The van der Waals surface area contributed by atoms with Crippen LogP contribution in [0.2, 0.25) is 0 Å². The van der Waals surface area contributed by atoms with E-state index in [0.29, 0.717) is 0 Å². The number of likely N-dealkylation sites (tertiary alicyclic amines) is 1. The second kappa shape index (κ2) is 6.20. The molecule has 25 heavy (non-hydrogen) atoms. The summed E-state index contributed by atoms with van der Waals surface area (Å²) < 4.78 is 5.42. The van der Waals surface area contributed by atoms with Crippen molar-refractivity contribution in [2.24, 2.45) is 5.41 Å². The summed E-state index contributed by atoms with van der Waals surface area (Å²) in [5.74, 6) is -1.01. The number of rotatable bonds is 2. The summed E-state index contributed by atoms with van der Waals surface area (Å²) >= 11 is 0. The first kappa shape index (κ1) is 17.5. The molecule has 3 heterocycles. The van der Waals surface area contributed by atoms with Gasteiger partial charge in [-0.2, -0.15) is 0 Å². The molecule has 0 saturated carbocycles. The van der Waals surface area contributed by atoms with Crippen molar-refractivity contribution < 1.29 is 19.4 Å². The molecule has 1 amide bonds. The van der Waals surface area contributed by atoms with Crippen LogP contribution in [-0.2, 0) is 4.74 Å². The zero-order chi connectivity index (χ0) is 18.2. The molecule has 1 aromatic heterocycles. The van der Waals surface area contributed by atoms with Crippen LogP contribution >= 0.6 is 0 Å². The topological polar surface area (TPSA) is 83.0 Å². The molecule has 7 nitrogen and oxygen atoms in total. The van der Waals surface area contributed by atoms with E-state index in [1.165, 1.54) is 6.07 Å². The first-order valence-corrected chi connectivity index (χ1v) is 8.60.